The molecule has 4 aromatic carbocycles. The number of anilines is 1. The maximum Gasteiger partial charge on any atom is 0.264 e. The summed E-state index contributed by atoms with van der Waals surface area (Å²) in [6, 6.07) is 31.7. The van der Waals surface area contributed by atoms with Crippen molar-refractivity contribution in [1.82, 2.24) is 15.3 Å². The van der Waals surface area contributed by atoms with Crippen LogP contribution in [0.3, 0.4) is 0 Å². The van der Waals surface area contributed by atoms with E-state index in [1.807, 2.05) is 79.9 Å². The second-order valence-electron chi connectivity index (χ2n) is 10.5. The van der Waals surface area contributed by atoms with Gasteiger partial charge in [-0.05, 0) is 66.1 Å². The van der Waals surface area contributed by atoms with Gasteiger partial charge in [-0.15, -0.1) is 0 Å². The molecule has 2 heterocycles. The average molecular weight is 600 g/mol. The van der Waals surface area contributed by atoms with E-state index in [0.29, 0.717) is 23.4 Å². The minimum atomic E-state index is -3.79. The number of aromatic nitrogens is 2. The highest BCUT2D eigenvalue weighted by atomic mass is 32.2. The Morgan fingerprint density at radius 3 is 2.45 bits per heavy atom. The number of benzene rings is 4. The van der Waals surface area contributed by atoms with Crippen LogP contribution in [-0.4, -0.2) is 37.9 Å². The zero-order valence-corrected chi connectivity index (χ0v) is 25.0. The van der Waals surface area contributed by atoms with Crippen molar-refractivity contribution < 1.29 is 13.2 Å². The third-order valence-corrected chi connectivity index (χ3v) is 9.44. The lowest BCUT2D eigenvalue weighted by Crippen LogP contribution is -2.26. The van der Waals surface area contributed by atoms with Crippen LogP contribution in [0.1, 0.15) is 22.3 Å². The SMILES string of the molecule is Cc1cccc(S(=O)(=O)N(C)c2ccc3[nH]c4ncc(-c5ccc(C(=O)NCCC#N)cc5)c(-c5ccccc5)c4c3c2)c1. The first-order chi connectivity index (χ1) is 21.3. The van der Waals surface area contributed by atoms with Gasteiger partial charge in [-0.1, -0.05) is 54.6 Å². The molecule has 0 atom stereocenters. The number of hydrogen-bond acceptors (Lipinski definition) is 5. The Balaban J connectivity index is 1.50. The summed E-state index contributed by atoms with van der Waals surface area (Å²) in [5.74, 6) is -0.238. The van der Waals surface area contributed by atoms with Gasteiger partial charge in [0, 0.05) is 52.8 Å². The maximum absolute atomic E-state index is 13.6. The molecule has 0 radical (unpaired) electrons. The number of nitriles is 1. The van der Waals surface area contributed by atoms with E-state index in [2.05, 4.69) is 10.3 Å². The van der Waals surface area contributed by atoms with Crippen LogP contribution in [-0.2, 0) is 10.0 Å². The lowest BCUT2D eigenvalue weighted by atomic mass is 9.92. The van der Waals surface area contributed by atoms with Gasteiger partial charge >= 0.3 is 0 Å². The monoisotopic (exact) mass is 599 g/mol. The molecule has 2 N–H and O–H groups in total. The fourth-order valence-electron chi connectivity index (χ4n) is 5.37. The van der Waals surface area contributed by atoms with Crippen molar-refractivity contribution in [2.75, 3.05) is 17.9 Å². The number of H-pyrrole nitrogens is 1. The van der Waals surface area contributed by atoms with Crippen LogP contribution in [0.5, 0.6) is 0 Å². The quantitative estimate of drug-likeness (QED) is 0.186. The van der Waals surface area contributed by atoms with Crippen molar-refractivity contribution >= 4 is 43.6 Å². The van der Waals surface area contributed by atoms with Gasteiger partial charge in [-0.25, -0.2) is 13.4 Å². The largest absolute Gasteiger partial charge is 0.351 e. The van der Waals surface area contributed by atoms with Gasteiger partial charge in [0.2, 0.25) is 0 Å². The Labute approximate surface area is 255 Å². The molecule has 0 aliphatic heterocycles. The summed E-state index contributed by atoms with van der Waals surface area (Å²) >= 11 is 0. The van der Waals surface area contributed by atoms with Crippen LogP contribution in [0.15, 0.2) is 108 Å². The van der Waals surface area contributed by atoms with Crippen molar-refractivity contribution in [2.24, 2.45) is 0 Å². The molecule has 0 saturated heterocycles. The highest BCUT2D eigenvalue weighted by Gasteiger charge is 2.23. The van der Waals surface area contributed by atoms with Gasteiger partial charge in [0.05, 0.1) is 23.1 Å². The first-order valence-corrected chi connectivity index (χ1v) is 15.5. The number of sulfonamides is 1. The molecule has 8 nitrogen and oxygen atoms in total. The summed E-state index contributed by atoms with van der Waals surface area (Å²) in [6.45, 7) is 2.16. The van der Waals surface area contributed by atoms with Gasteiger partial charge in [0.25, 0.3) is 15.9 Å². The second-order valence-corrected chi connectivity index (χ2v) is 12.5. The molecule has 2 aromatic heterocycles. The minimum absolute atomic E-state index is 0.232. The molecule has 1 amide bonds. The fourth-order valence-corrected chi connectivity index (χ4v) is 6.66. The van der Waals surface area contributed by atoms with E-state index >= 15 is 0 Å². The van der Waals surface area contributed by atoms with Gasteiger partial charge in [-0.3, -0.25) is 9.10 Å². The summed E-state index contributed by atoms with van der Waals surface area (Å²) < 4.78 is 28.4. The number of pyridine rings is 1. The molecule has 0 spiro atoms. The number of aryl methyl sites for hydroxylation is 1. The molecule has 0 fully saturated rings. The van der Waals surface area contributed by atoms with Crippen LogP contribution in [0.4, 0.5) is 5.69 Å². The maximum atomic E-state index is 13.6. The average Bonchev–Trinajstić information content (AvgIpc) is 3.42. The van der Waals surface area contributed by atoms with Crippen LogP contribution in [0.25, 0.3) is 44.2 Å². The molecule has 44 heavy (non-hydrogen) atoms. The Morgan fingerprint density at radius 1 is 0.955 bits per heavy atom. The molecule has 0 aliphatic rings. The third kappa shape index (κ3) is 5.27. The van der Waals surface area contributed by atoms with E-state index in [1.54, 1.807) is 43.4 Å². The highest BCUT2D eigenvalue weighted by molar-refractivity contribution is 7.92. The number of hydrogen-bond donors (Lipinski definition) is 2. The van der Waals surface area contributed by atoms with Crippen LogP contribution in [0, 0.1) is 18.3 Å². The molecule has 0 aliphatic carbocycles. The van der Waals surface area contributed by atoms with Crippen LogP contribution in [0.2, 0.25) is 0 Å². The zero-order chi connectivity index (χ0) is 30.8. The number of carbonyl (C=O) groups excluding carboxylic acids is 1. The molecule has 6 rings (SSSR count). The van der Waals surface area contributed by atoms with E-state index in [1.165, 1.54) is 4.31 Å². The molecule has 218 valence electrons. The summed E-state index contributed by atoms with van der Waals surface area (Å²) in [6.07, 6.45) is 2.06. The molecular weight excluding hydrogens is 570 g/mol. The topological polar surface area (TPSA) is 119 Å². The van der Waals surface area contributed by atoms with Crippen molar-refractivity contribution in [2.45, 2.75) is 18.2 Å². The molecule has 9 heteroatoms. The number of nitrogens with zero attached hydrogens (tertiary/aromatic N) is 3. The van der Waals surface area contributed by atoms with Crippen LogP contribution < -0.4 is 9.62 Å². The Kier molecular flexibility index (Phi) is 7.60. The highest BCUT2D eigenvalue weighted by Crippen LogP contribution is 2.41. The number of rotatable bonds is 8. The van der Waals surface area contributed by atoms with E-state index in [0.717, 1.165) is 44.1 Å². The number of aromatic amines is 1. The first kappa shape index (κ1) is 28.6. The Hall–Kier alpha value is -5.46. The van der Waals surface area contributed by atoms with E-state index in [-0.39, 0.29) is 17.2 Å². The number of nitrogens with one attached hydrogen (secondary N) is 2. The molecule has 0 unspecified atom stereocenters. The zero-order valence-electron chi connectivity index (χ0n) is 24.2. The Bertz CT molecular complexity index is 2170. The molecule has 0 saturated carbocycles. The number of carbonyl (C=O) groups is 1. The van der Waals surface area contributed by atoms with Gasteiger partial charge in [0.15, 0.2) is 0 Å². The molecule has 6 aromatic rings. The summed E-state index contributed by atoms with van der Waals surface area (Å²) in [4.78, 5) is 20.9. The van der Waals surface area contributed by atoms with E-state index in [4.69, 9.17) is 10.2 Å². The van der Waals surface area contributed by atoms with Gasteiger partial charge < -0.3 is 10.3 Å². The van der Waals surface area contributed by atoms with Crippen molar-refractivity contribution in [3.05, 3.63) is 114 Å². The van der Waals surface area contributed by atoms with Gasteiger partial charge in [0.1, 0.15) is 5.65 Å². The van der Waals surface area contributed by atoms with Crippen molar-refractivity contribution in [1.29, 1.82) is 5.26 Å². The summed E-state index contributed by atoms with van der Waals surface area (Å²) in [5.41, 5.74) is 7.05. The number of fused-ring (bicyclic) bond motifs is 3. The fraction of sp³-hybridized carbons (Fsp3) is 0.114. The Morgan fingerprint density at radius 2 is 1.73 bits per heavy atom. The lowest BCUT2D eigenvalue weighted by Gasteiger charge is -2.20. The smallest absolute Gasteiger partial charge is 0.264 e. The third-order valence-electron chi connectivity index (χ3n) is 7.66. The standard InChI is InChI=1S/C35H29N5O3S/c1-23-8-6-11-28(20-23)44(42,43)40(2)27-16-17-31-29(21-27)33-32(25-9-4-3-5-10-25)30(22-38-34(33)39-31)24-12-14-26(15-13-24)35(41)37-19-7-18-36/h3-6,8-17,20-22H,7,19H2,1-2H3,(H,37,41)(H,38,39). The molecule has 0 bridgehead atoms. The second kappa shape index (κ2) is 11.7. The van der Waals surface area contributed by atoms with Crippen LogP contribution >= 0.6 is 0 Å². The van der Waals surface area contributed by atoms with Crippen molar-refractivity contribution in [3.63, 3.8) is 0 Å². The van der Waals surface area contributed by atoms with E-state index < -0.39 is 10.0 Å². The first-order valence-electron chi connectivity index (χ1n) is 14.1. The van der Waals surface area contributed by atoms with Gasteiger partial charge in [-0.2, -0.15) is 5.26 Å². The summed E-state index contributed by atoms with van der Waals surface area (Å²) in [7, 11) is -2.23. The summed E-state index contributed by atoms with van der Waals surface area (Å²) in [5, 5.41) is 13.2. The predicted octanol–water partition coefficient (Wildman–Crippen LogP) is 6.83. The van der Waals surface area contributed by atoms with Crippen molar-refractivity contribution in [3.8, 4) is 28.3 Å². The predicted molar refractivity (Wildman–Crippen MR) is 174 cm³/mol. The number of amides is 1. The van der Waals surface area contributed by atoms with E-state index in [9.17, 15) is 13.2 Å². The normalized spacial score (nSPS) is 11.4. The molecular formula is C35H29N5O3S. The minimum Gasteiger partial charge on any atom is -0.351 e. The lowest BCUT2D eigenvalue weighted by molar-refractivity contribution is 0.0954.